The van der Waals surface area contributed by atoms with E-state index in [9.17, 15) is 8.42 Å². The third-order valence-corrected chi connectivity index (χ3v) is 4.90. The minimum atomic E-state index is -3.68. The van der Waals surface area contributed by atoms with Crippen molar-refractivity contribution in [3.8, 4) is 5.75 Å². The van der Waals surface area contributed by atoms with Crippen molar-refractivity contribution in [1.82, 2.24) is 14.9 Å². The van der Waals surface area contributed by atoms with Crippen LogP contribution < -0.4 is 9.46 Å². The maximum atomic E-state index is 12.4. The number of sulfonamides is 1. The summed E-state index contributed by atoms with van der Waals surface area (Å²) in [5.74, 6) is 0.417. The van der Waals surface area contributed by atoms with Crippen molar-refractivity contribution in [1.29, 1.82) is 0 Å². The number of benzene rings is 1. The normalized spacial score (nSPS) is 12.0. The largest absolute Gasteiger partial charge is 0.489 e. The minimum Gasteiger partial charge on any atom is -0.489 e. The van der Waals surface area contributed by atoms with Crippen molar-refractivity contribution in [2.24, 2.45) is 0 Å². The topological polar surface area (TPSA) is 94.3 Å². The first-order chi connectivity index (χ1) is 12.0. The summed E-state index contributed by atoms with van der Waals surface area (Å²) in [6.45, 7) is 3.93. The monoisotopic (exact) mass is 361 g/mol. The molecule has 2 aromatic heterocycles. The van der Waals surface area contributed by atoms with Crippen LogP contribution in [0.15, 0.2) is 52.1 Å². The van der Waals surface area contributed by atoms with E-state index in [1.54, 1.807) is 0 Å². The summed E-state index contributed by atoms with van der Waals surface area (Å²) in [6, 6.07) is 8.92. The molecule has 7 nitrogen and oxygen atoms in total. The van der Waals surface area contributed by atoms with Gasteiger partial charge in [-0.1, -0.05) is 17.3 Å². The van der Waals surface area contributed by atoms with Crippen LogP contribution in [0.25, 0.3) is 11.0 Å². The average Bonchev–Trinajstić information content (AvgIpc) is 2.98. The fourth-order valence-corrected chi connectivity index (χ4v) is 3.40. The molecule has 0 spiro atoms. The predicted octanol–water partition coefficient (Wildman–Crippen LogP) is 2.53. The van der Waals surface area contributed by atoms with E-state index in [2.05, 4.69) is 14.9 Å². The van der Waals surface area contributed by atoms with Crippen LogP contribution >= 0.6 is 0 Å². The van der Waals surface area contributed by atoms with Crippen LogP contribution in [0.4, 0.5) is 0 Å². The molecular weight excluding hydrogens is 342 g/mol. The molecule has 8 heteroatoms. The van der Waals surface area contributed by atoms with Crippen LogP contribution in [-0.2, 0) is 16.4 Å². The third kappa shape index (κ3) is 4.15. The maximum absolute atomic E-state index is 12.4. The number of para-hydroxylation sites is 1. The molecule has 3 rings (SSSR count). The zero-order valence-electron chi connectivity index (χ0n) is 14.0. The molecule has 0 amide bonds. The second-order valence-electron chi connectivity index (χ2n) is 5.80. The van der Waals surface area contributed by atoms with Gasteiger partial charge in [0.1, 0.15) is 10.6 Å². The van der Waals surface area contributed by atoms with E-state index < -0.39 is 10.0 Å². The van der Waals surface area contributed by atoms with Crippen LogP contribution in [-0.4, -0.2) is 31.2 Å². The quantitative estimate of drug-likeness (QED) is 0.695. The van der Waals surface area contributed by atoms with Gasteiger partial charge < -0.3 is 9.26 Å². The number of hydrogen-bond donors (Lipinski definition) is 1. The van der Waals surface area contributed by atoms with E-state index in [-0.39, 0.29) is 17.5 Å². The molecule has 1 aromatic carbocycles. The van der Waals surface area contributed by atoms with Crippen molar-refractivity contribution in [2.45, 2.75) is 31.3 Å². The standard InChI is InChI=1S/C17H19N3O4S/c1-12(2)23-13-9-14(11-18-10-13)25(21,22)19-8-7-16-15-5-3-4-6-17(15)24-20-16/h3-6,9-12,19H,7-8H2,1-2H3. The van der Waals surface area contributed by atoms with Gasteiger partial charge in [-0.2, -0.15) is 0 Å². The molecule has 0 aliphatic carbocycles. The molecule has 3 aromatic rings. The van der Waals surface area contributed by atoms with Crippen molar-refractivity contribution < 1.29 is 17.7 Å². The number of ether oxygens (including phenoxy) is 1. The molecule has 0 saturated carbocycles. The van der Waals surface area contributed by atoms with Gasteiger partial charge in [0.15, 0.2) is 5.58 Å². The van der Waals surface area contributed by atoms with Crippen LogP contribution in [0.1, 0.15) is 19.5 Å². The Morgan fingerprint density at radius 1 is 1.24 bits per heavy atom. The Balaban J connectivity index is 1.68. The first kappa shape index (κ1) is 17.4. The highest BCUT2D eigenvalue weighted by Gasteiger charge is 2.16. The number of nitrogens with one attached hydrogen (secondary N) is 1. The lowest BCUT2D eigenvalue weighted by Crippen LogP contribution is -2.26. The van der Waals surface area contributed by atoms with Crippen LogP contribution in [0, 0.1) is 0 Å². The summed E-state index contributed by atoms with van der Waals surface area (Å²) in [7, 11) is -3.68. The lowest BCUT2D eigenvalue weighted by molar-refractivity contribution is 0.241. The second kappa shape index (κ2) is 7.20. The lowest BCUT2D eigenvalue weighted by atomic mass is 10.2. The summed E-state index contributed by atoms with van der Waals surface area (Å²) >= 11 is 0. The Bertz CT molecular complexity index is 967. The van der Waals surface area contributed by atoms with Crippen molar-refractivity contribution in [3.63, 3.8) is 0 Å². The van der Waals surface area contributed by atoms with E-state index in [0.717, 1.165) is 5.39 Å². The fourth-order valence-electron chi connectivity index (χ4n) is 2.39. The molecule has 25 heavy (non-hydrogen) atoms. The highest BCUT2D eigenvalue weighted by Crippen LogP contribution is 2.19. The Kier molecular flexibility index (Phi) is 5.00. The zero-order chi connectivity index (χ0) is 17.9. The number of nitrogens with zero attached hydrogens (tertiary/aromatic N) is 2. The van der Waals surface area contributed by atoms with Gasteiger partial charge in [-0.05, 0) is 26.0 Å². The predicted molar refractivity (Wildman–Crippen MR) is 92.9 cm³/mol. The van der Waals surface area contributed by atoms with Crippen molar-refractivity contribution in [3.05, 3.63) is 48.4 Å². The molecule has 2 heterocycles. The van der Waals surface area contributed by atoms with E-state index >= 15 is 0 Å². The molecule has 0 atom stereocenters. The summed E-state index contributed by atoms with van der Waals surface area (Å²) < 4.78 is 38.1. The van der Waals surface area contributed by atoms with Gasteiger partial charge in [-0.3, -0.25) is 4.98 Å². The van der Waals surface area contributed by atoms with E-state index in [1.165, 1.54) is 18.5 Å². The highest BCUT2D eigenvalue weighted by molar-refractivity contribution is 7.89. The first-order valence-corrected chi connectivity index (χ1v) is 9.39. The maximum Gasteiger partial charge on any atom is 0.242 e. The van der Waals surface area contributed by atoms with Crippen molar-refractivity contribution in [2.75, 3.05) is 6.54 Å². The molecule has 1 N–H and O–H groups in total. The Morgan fingerprint density at radius 2 is 2.04 bits per heavy atom. The number of fused-ring (bicyclic) bond motifs is 1. The minimum absolute atomic E-state index is 0.0619. The summed E-state index contributed by atoms with van der Waals surface area (Å²) in [6.07, 6.45) is 3.14. The Hall–Kier alpha value is -2.45. The van der Waals surface area contributed by atoms with Gasteiger partial charge in [0.2, 0.25) is 10.0 Å². The van der Waals surface area contributed by atoms with Gasteiger partial charge >= 0.3 is 0 Å². The second-order valence-corrected chi connectivity index (χ2v) is 7.56. The van der Waals surface area contributed by atoms with Crippen LogP contribution in [0.5, 0.6) is 5.75 Å². The number of aromatic nitrogens is 2. The van der Waals surface area contributed by atoms with Crippen molar-refractivity contribution >= 4 is 21.0 Å². The average molecular weight is 361 g/mol. The molecular formula is C17H19N3O4S. The number of hydrogen-bond acceptors (Lipinski definition) is 6. The van der Waals surface area contributed by atoms with Gasteiger partial charge in [0.25, 0.3) is 0 Å². The van der Waals surface area contributed by atoms with E-state index in [1.807, 2.05) is 38.1 Å². The van der Waals surface area contributed by atoms with E-state index in [0.29, 0.717) is 23.4 Å². The van der Waals surface area contributed by atoms with Crippen LogP contribution in [0.3, 0.4) is 0 Å². The molecule has 132 valence electrons. The Morgan fingerprint density at radius 3 is 2.84 bits per heavy atom. The zero-order valence-corrected chi connectivity index (χ0v) is 14.8. The van der Waals surface area contributed by atoms with Gasteiger partial charge in [-0.15, -0.1) is 0 Å². The Labute approximate surface area is 146 Å². The van der Waals surface area contributed by atoms with E-state index in [4.69, 9.17) is 9.26 Å². The fraction of sp³-hybridized carbons (Fsp3) is 0.294. The molecule has 0 aliphatic heterocycles. The third-order valence-electron chi connectivity index (χ3n) is 3.48. The SMILES string of the molecule is CC(C)Oc1cncc(S(=O)(=O)NCCc2noc3ccccc23)c1. The number of rotatable bonds is 7. The lowest BCUT2D eigenvalue weighted by Gasteiger charge is -2.11. The van der Waals surface area contributed by atoms with Gasteiger partial charge in [0.05, 0.1) is 18.0 Å². The number of pyridine rings is 1. The molecule has 0 unspecified atom stereocenters. The van der Waals surface area contributed by atoms with Gasteiger partial charge in [-0.25, -0.2) is 13.1 Å². The molecule has 0 aliphatic rings. The first-order valence-electron chi connectivity index (χ1n) is 7.90. The molecule has 0 bridgehead atoms. The molecule has 0 radical (unpaired) electrons. The summed E-state index contributed by atoms with van der Waals surface area (Å²) in [4.78, 5) is 4.00. The molecule has 0 saturated heterocycles. The smallest absolute Gasteiger partial charge is 0.242 e. The summed E-state index contributed by atoms with van der Waals surface area (Å²) in [5, 5.41) is 4.88. The van der Waals surface area contributed by atoms with Gasteiger partial charge in [0, 0.05) is 30.6 Å². The molecule has 0 fully saturated rings. The summed E-state index contributed by atoms with van der Waals surface area (Å²) in [5.41, 5.74) is 1.40. The highest BCUT2D eigenvalue weighted by atomic mass is 32.2. The van der Waals surface area contributed by atoms with Crippen LogP contribution in [0.2, 0.25) is 0 Å².